The zero-order valence-electron chi connectivity index (χ0n) is 12.7. The van der Waals surface area contributed by atoms with Crippen molar-refractivity contribution in [3.05, 3.63) is 41.1 Å². The molecule has 2 rings (SSSR count). The average Bonchev–Trinajstić information content (AvgIpc) is 2.95. The summed E-state index contributed by atoms with van der Waals surface area (Å²) in [6, 6.07) is 7.87. The van der Waals surface area contributed by atoms with Crippen molar-refractivity contribution < 1.29 is 14.3 Å². The number of nitrogens with one attached hydrogen (secondary N) is 1. The number of aromatic amines is 1. The maximum absolute atomic E-state index is 11.9. The Bertz CT molecular complexity index is 738. The molecule has 114 valence electrons. The summed E-state index contributed by atoms with van der Waals surface area (Å²) in [4.78, 5) is 15.1. The smallest absolute Gasteiger partial charge is 0.348 e. The number of hydrogen-bond acceptors (Lipinski definition) is 4. The molecule has 22 heavy (non-hydrogen) atoms. The van der Waals surface area contributed by atoms with Gasteiger partial charge in [0.25, 0.3) is 0 Å². The molecule has 1 N–H and O–H groups in total. The third-order valence-electron chi connectivity index (χ3n) is 3.38. The number of nitriles is 1. The molecule has 1 aromatic heterocycles. The van der Waals surface area contributed by atoms with Gasteiger partial charge in [-0.1, -0.05) is 25.1 Å². The molecule has 2 aromatic rings. The molecule has 1 heterocycles. The van der Waals surface area contributed by atoms with Crippen molar-refractivity contribution in [2.45, 2.75) is 13.3 Å². The fourth-order valence-corrected chi connectivity index (χ4v) is 2.24. The number of aromatic nitrogens is 1. The highest BCUT2D eigenvalue weighted by Gasteiger charge is 2.12. The summed E-state index contributed by atoms with van der Waals surface area (Å²) < 4.78 is 9.79. The molecule has 0 atom stereocenters. The molecular formula is C17H18N2O3. The van der Waals surface area contributed by atoms with Crippen LogP contribution >= 0.6 is 0 Å². The number of carbonyl (C=O) groups is 1. The number of fused-ring (bicyclic) bond motifs is 1. The van der Waals surface area contributed by atoms with E-state index in [-0.39, 0.29) is 12.2 Å². The fraction of sp³-hybridized carbons (Fsp3) is 0.294. The minimum Gasteiger partial charge on any atom is -0.459 e. The van der Waals surface area contributed by atoms with Crippen molar-refractivity contribution >= 4 is 22.9 Å². The quantitative estimate of drug-likeness (QED) is 0.385. The number of para-hydroxylation sites is 1. The van der Waals surface area contributed by atoms with Gasteiger partial charge in [-0.05, 0) is 18.1 Å². The molecule has 0 aliphatic carbocycles. The van der Waals surface area contributed by atoms with Gasteiger partial charge < -0.3 is 14.5 Å². The maximum atomic E-state index is 11.9. The van der Waals surface area contributed by atoms with Crippen LogP contribution in [0.5, 0.6) is 0 Å². The van der Waals surface area contributed by atoms with Crippen LogP contribution in [0.3, 0.4) is 0 Å². The molecule has 0 radical (unpaired) electrons. The Morgan fingerprint density at radius 1 is 1.41 bits per heavy atom. The van der Waals surface area contributed by atoms with Crippen molar-refractivity contribution in [2.24, 2.45) is 0 Å². The lowest BCUT2D eigenvalue weighted by Crippen LogP contribution is -2.11. The van der Waals surface area contributed by atoms with E-state index in [2.05, 4.69) is 18.0 Å². The van der Waals surface area contributed by atoms with Gasteiger partial charge in [0.2, 0.25) is 0 Å². The van der Waals surface area contributed by atoms with Gasteiger partial charge in [0, 0.05) is 29.8 Å². The van der Waals surface area contributed by atoms with Crippen LogP contribution in [0.2, 0.25) is 0 Å². The van der Waals surface area contributed by atoms with Crippen LogP contribution in [-0.4, -0.2) is 31.3 Å². The van der Waals surface area contributed by atoms with Crippen LogP contribution in [0.15, 0.2) is 30.0 Å². The van der Waals surface area contributed by atoms with Crippen LogP contribution in [0.25, 0.3) is 17.0 Å². The van der Waals surface area contributed by atoms with Gasteiger partial charge in [-0.15, -0.1) is 0 Å². The highest BCUT2D eigenvalue weighted by molar-refractivity contribution is 6.01. The van der Waals surface area contributed by atoms with Gasteiger partial charge in [0.15, 0.2) is 0 Å². The Hall–Kier alpha value is -2.58. The SMILES string of the molecule is CCc1cccc2c(C=C(C#N)C(=O)OCCOC)c[nH]c12. The summed E-state index contributed by atoms with van der Waals surface area (Å²) in [7, 11) is 1.52. The molecule has 0 amide bonds. The van der Waals surface area contributed by atoms with Gasteiger partial charge in [-0.25, -0.2) is 4.79 Å². The lowest BCUT2D eigenvalue weighted by Gasteiger charge is -2.02. The van der Waals surface area contributed by atoms with E-state index in [4.69, 9.17) is 14.7 Å². The summed E-state index contributed by atoms with van der Waals surface area (Å²) in [6.07, 6.45) is 4.25. The molecule has 0 aliphatic heterocycles. The van der Waals surface area contributed by atoms with Gasteiger partial charge in [-0.2, -0.15) is 5.26 Å². The van der Waals surface area contributed by atoms with Crippen molar-refractivity contribution in [1.29, 1.82) is 5.26 Å². The number of benzene rings is 1. The second-order valence-electron chi connectivity index (χ2n) is 4.74. The van der Waals surface area contributed by atoms with Gasteiger partial charge in [0.1, 0.15) is 18.2 Å². The summed E-state index contributed by atoms with van der Waals surface area (Å²) in [6.45, 7) is 2.51. The molecule has 0 fully saturated rings. The van der Waals surface area contributed by atoms with E-state index < -0.39 is 5.97 Å². The molecule has 5 heteroatoms. The second-order valence-corrected chi connectivity index (χ2v) is 4.74. The Labute approximate surface area is 129 Å². The van der Waals surface area contributed by atoms with Crippen LogP contribution in [0.1, 0.15) is 18.1 Å². The number of carbonyl (C=O) groups excluding carboxylic acids is 1. The van der Waals surface area contributed by atoms with Crippen molar-refractivity contribution in [3.8, 4) is 6.07 Å². The summed E-state index contributed by atoms with van der Waals surface area (Å²) >= 11 is 0. The Balaban J connectivity index is 2.31. The maximum Gasteiger partial charge on any atom is 0.348 e. The van der Waals surface area contributed by atoms with E-state index in [0.717, 1.165) is 22.9 Å². The first-order valence-corrected chi connectivity index (χ1v) is 7.08. The van der Waals surface area contributed by atoms with Crippen molar-refractivity contribution in [3.63, 3.8) is 0 Å². The van der Waals surface area contributed by atoms with Gasteiger partial charge >= 0.3 is 5.97 Å². The van der Waals surface area contributed by atoms with Crippen molar-refractivity contribution in [2.75, 3.05) is 20.3 Å². The number of aryl methyl sites for hydroxylation is 1. The minimum atomic E-state index is -0.638. The minimum absolute atomic E-state index is 0.0288. The lowest BCUT2D eigenvalue weighted by atomic mass is 10.1. The normalized spacial score (nSPS) is 11.4. The average molecular weight is 298 g/mol. The van der Waals surface area contributed by atoms with Crippen LogP contribution < -0.4 is 0 Å². The highest BCUT2D eigenvalue weighted by atomic mass is 16.6. The first-order valence-electron chi connectivity index (χ1n) is 7.08. The number of H-pyrrole nitrogens is 1. The molecular weight excluding hydrogens is 280 g/mol. The zero-order chi connectivity index (χ0) is 15.9. The number of ether oxygens (including phenoxy) is 2. The third kappa shape index (κ3) is 3.35. The summed E-state index contributed by atoms with van der Waals surface area (Å²) in [5, 5.41) is 10.1. The monoisotopic (exact) mass is 298 g/mol. The van der Waals surface area contributed by atoms with Crippen molar-refractivity contribution in [1.82, 2.24) is 4.98 Å². The van der Waals surface area contributed by atoms with Crippen LogP contribution in [-0.2, 0) is 20.7 Å². The first kappa shape index (κ1) is 15.8. The summed E-state index contributed by atoms with van der Waals surface area (Å²) in [5.41, 5.74) is 2.99. The topological polar surface area (TPSA) is 75.1 Å². The molecule has 0 unspecified atom stereocenters. The van der Waals surface area contributed by atoms with E-state index in [0.29, 0.717) is 6.61 Å². The molecule has 0 saturated carbocycles. The standard InChI is InChI=1S/C17H18N2O3/c1-3-12-5-4-6-15-14(11-19-16(12)15)9-13(10-18)17(20)22-8-7-21-2/h4-6,9,11,19H,3,7-8H2,1-2H3. The first-order chi connectivity index (χ1) is 10.7. The zero-order valence-corrected chi connectivity index (χ0v) is 12.7. The molecule has 0 spiro atoms. The number of methoxy groups -OCH3 is 1. The number of rotatable bonds is 6. The predicted octanol–water partition coefficient (Wildman–Crippen LogP) is 2.83. The van der Waals surface area contributed by atoms with E-state index >= 15 is 0 Å². The lowest BCUT2D eigenvalue weighted by molar-refractivity contribution is -0.139. The molecule has 0 aliphatic rings. The molecule has 0 saturated heterocycles. The molecule has 5 nitrogen and oxygen atoms in total. The Morgan fingerprint density at radius 3 is 2.91 bits per heavy atom. The van der Waals surface area contributed by atoms with Gasteiger partial charge in [0.05, 0.1) is 6.61 Å². The number of esters is 1. The Kier molecular flexibility index (Phi) is 5.34. The van der Waals surface area contributed by atoms with E-state index in [1.807, 2.05) is 18.2 Å². The molecule has 0 bridgehead atoms. The Morgan fingerprint density at radius 2 is 2.23 bits per heavy atom. The fourth-order valence-electron chi connectivity index (χ4n) is 2.24. The third-order valence-corrected chi connectivity index (χ3v) is 3.38. The summed E-state index contributed by atoms with van der Waals surface area (Å²) in [5.74, 6) is -0.638. The highest BCUT2D eigenvalue weighted by Crippen LogP contribution is 2.24. The molecule has 1 aromatic carbocycles. The largest absolute Gasteiger partial charge is 0.459 e. The second kappa shape index (κ2) is 7.43. The van der Waals surface area contributed by atoms with E-state index in [9.17, 15) is 4.79 Å². The van der Waals surface area contributed by atoms with E-state index in [1.54, 1.807) is 12.3 Å². The van der Waals surface area contributed by atoms with E-state index in [1.165, 1.54) is 12.7 Å². The number of nitrogens with zero attached hydrogens (tertiary/aromatic N) is 1. The predicted molar refractivity (Wildman–Crippen MR) is 84.1 cm³/mol. The number of hydrogen-bond donors (Lipinski definition) is 1. The van der Waals surface area contributed by atoms with Crippen LogP contribution in [0, 0.1) is 11.3 Å². The van der Waals surface area contributed by atoms with Crippen LogP contribution in [0.4, 0.5) is 0 Å². The van der Waals surface area contributed by atoms with Gasteiger partial charge in [-0.3, -0.25) is 0 Å².